The summed E-state index contributed by atoms with van der Waals surface area (Å²) in [5.74, 6) is -3.98. The molecule has 1 rings (SSSR count). The summed E-state index contributed by atoms with van der Waals surface area (Å²) >= 11 is 0. The maximum absolute atomic E-state index is 12.6. The highest BCUT2D eigenvalue weighted by molar-refractivity contribution is 6.71. The molecular formula is C9H3BF12. The van der Waals surface area contributed by atoms with E-state index in [2.05, 4.69) is 0 Å². The monoisotopic (exact) mass is 350 g/mol. The van der Waals surface area contributed by atoms with Crippen molar-refractivity contribution in [2.45, 2.75) is 30.4 Å². The molecule has 0 spiro atoms. The SMILES string of the molecule is FC(F)(F)B1C(C(F)(F)F)=CC(C(F)(F)F)=CC1C(F)(F)F. The highest BCUT2D eigenvalue weighted by atomic mass is 19.4. The molecule has 0 saturated carbocycles. The second-order valence-electron chi connectivity index (χ2n) is 4.30. The lowest BCUT2D eigenvalue weighted by atomic mass is 9.33. The largest absolute Gasteiger partial charge is 0.416 e. The number of hydrogen-bond acceptors (Lipinski definition) is 0. The van der Waals surface area contributed by atoms with Crippen LogP contribution in [0.25, 0.3) is 0 Å². The van der Waals surface area contributed by atoms with Gasteiger partial charge in [0.15, 0.2) is 0 Å². The minimum Gasteiger partial charge on any atom is -0.181 e. The summed E-state index contributed by atoms with van der Waals surface area (Å²) < 4.78 is 150. The molecule has 0 aromatic rings. The molecule has 0 N–H and O–H groups in total. The van der Waals surface area contributed by atoms with Gasteiger partial charge in [-0.1, -0.05) is 12.2 Å². The van der Waals surface area contributed by atoms with Crippen LogP contribution in [0.1, 0.15) is 0 Å². The van der Waals surface area contributed by atoms with Crippen molar-refractivity contribution in [2.24, 2.45) is 0 Å². The Kier molecular flexibility index (Phi) is 4.36. The first kappa shape index (κ1) is 18.8. The smallest absolute Gasteiger partial charge is 0.181 e. The number of halogens is 12. The highest BCUT2D eigenvalue weighted by Crippen LogP contribution is 2.51. The Bertz CT molecular complexity index is 485. The van der Waals surface area contributed by atoms with Gasteiger partial charge in [0.05, 0.1) is 11.4 Å². The van der Waals surface area contributed by atoms with E-state index in [4.69, 9.17) is 0 Å². The van der Waals surface area contributed by atoms with Gasteiger partial charge in [-0.15, -0.1) is 0 Å². The van der Waals surface area contributed by atoms with E-state index in [1.807, 2.05) is 0 Å². The number of alkyl halides is 12. The topological polar surface area (TPSA) is 0 Å². The molecule has 0 radical (unpaired) electrons. The van der Waals surface area contributed by atoms with E-state index in [-0.39, 0.29) is 0 Å². The van der Waals surface area contributed by atoms with E-state index in [1.165, 1.54) is 0 Å². The quantitative estimate of drug-likeness (QED) is 0.424. The van der Waals surface area contributed by atoms with Crippen LogP contribution >= 0.6 is 0 Å². The van der Waals surface area contributed by atoms with Crippen molar-refractivity contribution in [2.75, 3.05) is 0 Å². The number of rotatable bonds is 0. The van der Waals surface area contributed by atoms with Crippen LogP contribution < -0.4 is 0 Å². The molecule has 0 amide bonds. The summed E-state index contributed by atoms with van der Waals surface area (Å²) in [6, 6.07) is 0. The summed E-state index contributed by atoms with van der Waals surface area (Å²) in [7, 11) is 0. The Hall–Kier alpha value is -1.30. The normalized spacial score (nSPS) is 21.6. The first-order valence-corrected chi connectivity index (χ1v) is 5.17. The van der Waals surface area contributed by atoms with Crippen molar-refractivity contribution >= 4 is 6.71 Å². The molecule has 0 bridgehead atoms. The lowest BCUT2D eigenvalue weighted by molar-refractivity contribution is -0.136. The van der Waals surface area contributed by atoms with Gasteiger partial charge in [-0.25, -0.2) is 0 Å². The number of allylic oxidation sites excluding steroid dienone is 4. The zero-order chi connectivity index (χ0) is 17.7. The first-order chi connectivity index (χ1) is 9.45. The van der Waals surface area contributed by atoms with Crippen molar-refractivity contribution in [1.82, 2.24) is 0 Å². The molecule has 1 unspecified atom stereocenters. The minimum atomic E-state index is -6.03. The molecule has 0 nitrogen and oxygen atoms in total. The van der Waals surface area contributed by atoms with Crippen LogP contribution in [0.3, 0.4) is 0 Å². The Morgan fingerprint density at radius 2 is 1.18 bits per heavy atom. The van der Waals surface area contributed by atoms with E-state index in [9.17, 15) is 52.7 Å². The Labute approximate surface area is 114 Å². The average molecular weight is 350 g/mol. The number of hydrogen-bond donors (Lipinski definition) is 0. The van der Waals surface area contributed by atoms with Gasteiger partial charge in [0.25, 0.3) is 0 Å². The predicted molar refractivity (Wildman–Crippen MR) is 49.9 cm³/mol. The first-order valence-electron chi connectivity index (χ1n) is 5.17. The third-order valence-corrected chi connectivity index (χ3v) is 2.75. The summed E-state index contributed by atoms with van der Waals surface area (Å²) in [6.07, 6.45) is -25.5. The molecule has 0 aliphatic carbocycles. The molecule has 0 aromatic heterocycles. The van der Waals surface area contributed by atoms with E-state index in [0.29, 0.717) is 0 Å². The van der Waals surface area contributed by atoms with Gasteiger partial charge in [0, 0.05) is 5.47 Å². The molecule has 126 valence electrons. The van der Waals surface area contributed by atoms with Crippen molar-refractivity contribution in [1.29, 1.82) is 0 Å². The molecule has 0 saturated heterocycles. The van der Waals surface area contributed by atoms with Crippen LogP contribution in [0, 0.1) is 0 Å². The molecule has 1 atom stereocenters. The van der Waals surface area contributed by atoms with E-state index < -0.39 is 60.3 Å². The summed E-state index contributed by atoms with van der Waals surface area (Å²) in [6.45, 7) is -4.15. The Morgan fingerprint density at radius 1 is 0.727 bits per heavy atom. The lowest BCUT2D eigenvalue weighted by Crippen LogP contribution is -2.50. The van der Waals surface area contributed by atoms with Gasteiger partial charge >= 0.3 is 31.3 Å². The minimum absolute atomic E-state index is 0.882. The van der Waals surface area contributed by atoms with E-state index >= 15 is 0 Å². The van der Waals surface area contributed by atoms with Crippen LogP contribution in [0.4, 0.5) is 52.7 Å². The van der Waals surface area contributed by atoms with Crippen LogP contribution in [0.15, 0.2) is 23.2 Å². The Balaban J connectivity index is 3.61. The third kappa shape index (κ3) is 3.91. The summed E-state index contributed by atoms with van der Waals surface area (Å²) in [5, 5.41) is 0. The fourth-order valence-corrected chi connectivity index (χ4v) is 1.89. The second kappa shape index (κ2) is 5.12. The average Bonchev–Trinajstić information content (AvgIpc) is 2.22. The van der Waals surface area contributed by atoms with Gasteiger partial charge in [0.2, 0.25) is 0 Å². The fraction of sp³-hybridized carbons (Fsp3) is 0.556. The Morgan fingerprint density at radius 3 is 1.45 bits per heavy atom. The fourth-order valence-electron chi connectivity index (χ4n) is 1.89. The van der Waals surface area contributed by atoms with E-state index in [1.54, 1.807) is 0 Å². The summed E-state index contributed by atoms with van der Waals surface area (Å²) in [4.78, 5) is 0. The van der Waals surface area contributed by atoms with E-state index in [0.717, 1.165) is 0 Å². The zero-order valence-corrected chi connectivity index (χ0v) is 9.84. The molecular weight excluding hydrogens is 347 g/mol. The van der Waals surface area contributed by atoms with Crippen LogP contribution in [-0.2, 0) is 0 Å². The second-order valence-corrected chi connectivity index (χ2v) is 4.30. The van der Waals surface area contributed by atoms with Crippen molar-refractivity contribution in [3.05, 3.63) is 23.2 Å². The summed E-state index contributed by atoms with van der Waals surface area (Å²) in [5.41, 5.74) is -5.36. The molecule has 0 fully saturated rings. The van der Waals surface area contributed by atoms with Gasteiger partial charge in [-0.2, -0.15) is 52.7 Å². The van der Waals surface area contributed by atoms with Crippen LogP contribution in [0.5, 0.6) is 0 Å². The van der Waals surface area contributed by atoms with Crippen molar-refractivity contribution < 1.29 is 52.7 Å². The maximum Gasteiger partial charge on any atom is 0.416 e. The third-order valence-electron chi connectivity index (χ3n) is 2.75. The highest BCUT2D eigenvalue weighted by Gasteiger charge is 2.65. The zero-order valence-electron chi connectivity index (χ0n) is 9.84. The van der Waals surface area contributed by atoms with Gasteiger partial charge < -0.3 is 0 Å². The van der Waals surface area contributed by atoms with Gasteiger partial charge in [-0.05, 0) is 0 Å². The van der Waals surface area contributed by atoms with Crippen molar-refractivity contribution in [3.63, 3.8) is 0 Å². The standard InChI is InChI=1S/C9H3BF12/c11-6(12,13)3-1-4(7(14,15)16)10(9(20,21)22)5(2-3)8(17,18)19/h1-2,4H. The van der Waals surface area contributed by atoms with Crippen LogP contribution in [0.2, 0.25) is 5.82 Å². The molecule has 1 heterocycles. The van der Waals surface area contributed by atoms with Gasteiger partial charge in [-0.3, -0.25) is 0 Å². The predicted octanol–water partition coefficient (Wildman–Crippen LogP) is 5.05. The van der Waals surface area contributed by atoms with Crippen LogP contribution in [-0.4, -0.2) is 31.3 Å². The molecule has 0 aromatic carbocycles. The molecule has 1 aliphatic heterocycles. The van der Waals surface area contributed by atoms with Gasteiger partial charge in [0.1, 0.15) is 0 Å². The van der Waals surface area contributed by atoms with Crippen molar-refractivity contribution in [3.8, 4) is 0 Å². The molecule has 22 heavy (non-hydrogen) atoms. The maximum atomic E-state index is 12.6. The lowest BCUT2D eigenvalue weighted by Gasteiger charge is -2.32. The molecule has 13 heteroatoms. The molecule has 1 aliphatic rings.